The zero-order valence-electron chi connectivity index (χ0n) is 16.7. The summed E-state index contributed by atoms with van der Waals surface area (Å²) in [4.78, 5) is 36.1. The van der Waals surface area contributed by atoms with Gasteiger partial charge in [-0.3, -0.25) is 4.79 Å². The molecule has 1 amide bonds. The third-order valence-corrected chi connectivity index (χ3v) is 3.70. The van der Waals surface area contributed by atoms with E-state index in [-0.39, 0.29) is 22.9 Å². The lowest BCUT2D eigenvalue weighted by atomic mass is 10.2. The molecule has 0 saturated carbocycles. The first kappa shape index (κ1) is 21.7. The molecule has 0 unspecified atom stereocenters. The van der Waals surface area contributed by atoms with Crippen LogP contribution in [0.3, 0.4) is 0 Å². The number of rotatable bonds is 8. The Kier molecular flexibility index (Phi) is 7.59. The molecule has 154 valence electrons. The van der Waals surface area contributed by atoms with Crippen molar-refractivity contribution in [3.63, 3.8) is 0 Å². The van der Waals surface area contributed by atoms with Gasteiger partial charge in [-0.2, -0.15) is 0 Å². The number of amides is 1. The number of hydrogen-bond acceptors (Lipinski definition) is 7. The Balaban J connectivity index is 2.01. The molecule has 29 heavy (non-hydrogen) atoms. The molecule has 0 aliphatic heterocycles. The van der Waals surface area contributed by atoms with Crippen molar-refractivity contribution in [2.24, 2.45) is 0 Å². The number of anilines is 1. The number of para-hydroxylation sites is 1. The van der Waals surface area contributed by atoms with Crippen molar-refractivity contribution in [2.45, 2.75) is 20.0 Å². The third kappa shape index (κ3) is 5.97. The molecule has 0 atom stereocenters. The molecule has 2 aromatic rings. The molecule has 0 heterocycles. The number of esters is 2. The number of methoxy groups -OCH3 is 2. The maximum Gasteiger partial charge on any atom is 0.339 e. The van der Waals surface area contributed by atoms with Crippen molar-refractivity contribution in [1.29, 1.82) is 0 Å². The molecule has 0 saturated heterocycles. The zero-order chi connectivity index (χ0) is 21.4. The van der Waals surface area contributed by atoms with Crippen LogP contribution in [0.5, 0.6) is 11.5 Å². The molecule has 0 aliphatic rings. The van der Waals surface area contributed by atoms with Gasteiger partial charge in [0.2, 0.25) is 0 Å². The standard InChI is InChI=1S/C21H23NO7/c1-13(2)29-17-10-9-14(11-18(17)26-3)20(24)28-12-19(23)22-16-8-6-5-7-15(16)21(25)27-4/h5-11,13H,12H2,1-4H3,(H,22,23). The van der Waals surface area contributed by atoms with E-state index in [0.717, 1.165) is 0 Å². The van der Waals surface area contributed by atoms with Gasteiger partial charge >= 0.3 is 11.9 Å². The number of hydrogen-bond donors (Lipinski definition) is 1. The van der Waals surface area contributed by atoms with Gasteiger partial charge in [-0.15, -0.1) is 0 Å². The van der Waals surface area contributed by atoms with E-state index in [1.165, 1.54) is 32.4 Å². The summed E-state index contributed by atoms with van der Waals surface area (Å²) in [5.41, 5.74) is 0.665. The fraction of sp³-hybridized carbons (Fsp3) is 0.286. The zero-order valence-corrected chi connectivity index (χ0v) is 16.7. The van der Waals surface area contributed by atoms with Gasteiger partial charge in [-0.25, -0.2) is 9.59 Å². The van der Waals surface area contributed by atoms with Crippen LogP contribution in [-0.4, -0.2) is 44.8 Å². The molecule has 8 nitrogen and oxygen atoms in total. The number of nitrogens with one attached hydrogen (secondary N) is 1. The van der Waals surface area contributed by atoms with E-state index in [4.69, 9.17) is 14.2 Å². The first-order valence-corrected chi connectivity index (χ1v) is 8.84. The largest absolute Gasteiger partial charge is 0.493 e. The molecule has 0 aromatic heterocycles. The maximum atomic E-state index is 12.3. The van der Waals surface area contributed by atoms with E-state index in [0.29, 0.717) is 11.5 Å². The summed E-state index contributed by atoms with van der Waals surface area (Å²) < 4.78 is 20.5. The molecule has 0 aliphatic carbocycles. The summed E-state index contributed by atoms with van der Waals surface area (Å²) >= 11 is 0. The predicted octanol–water partition coefficient (Wildman–Crippen LogP) is 3.06. The molecule has 0 bridgehead atoms. The van der Waals surface area contributed by atoms with Crippen LogP contribution in [0.25, 0.3) is 0 Å². The van der Waals surface area contributed by atoms with E-state index in [2.05, 4.69) is 10.1 Å². The number of ether oxygens (including phenoxy) is 4. The van der Waals surface area contributed by atoms with Gasteiger partial charge in [0.25, 0.3) is 5.91 Å². The summed E-state index contributed by atoms with van der Waals surface area (Å²) in [5, 5.41) is 2.52. The Hall–Kier alpha value is -3.55. The summed E-state index contributed by atoms with van der Waals surface area (Å²) in [7, 11) is 2.71. The predicted molar refractivity (Wildman–Crippen MR) is 105 cm³/mol. The van der Waals surface area contributed by atoms with Crippen molar-refractivity contribution in [3.05, 3.63) is 53.6 Å². The van der Waals surface area contributed by atoms with Gasteiger partial charge in [0.15, 0.2) is 18.1 Å². The van der Waals surface area contributed by atoms with Crippen LogP contribution in [0.2, 0.25) is 0 Å². The van der Waals surface area contributed by atoms with Gasteiger partial charge in [-0.1, -0.05) is 12.1 Å². The molecule has 0 fully saturated rings. The molecular weight excluding hydrogens is 378 g/mol. The Morgan fingerprint density at radius 3 is 2.34 bits per heavy atom. The van der Waals surface area contributed by atoms with E-state index in [9.17, 15) is 14.4 Å². The van der Waals surface area contributed by atoms with Crippen LogP contribution in [-0.2, 0) is 14.3 Å². The lowest BCUT2D eigenvalue weighted by Crippen LogP contribution is -2.22. The summed E-state index contributed by atoms with van der Waals surface area (Å²) in [6.07, 6.45) is -0.0572. The van der Waals surface area contributed by atoms with E-state index in [1.54, 1.807) is 24.3 Å². The first-order valence-electron chi connectivity index (χ1n) is 8.84. The number of carbonyl (C=O) groups is 3. The smallest absolute Gasteiger partial charge is 0.339 e. The van der Waals surface area contributed by atoms with Gasteiger partial charge < -0.3 is 24.3 Å². The van der Waals surface area contributed by atoms with Crippen molar-refractivity contribution in [2.75, 3.05) is 26.1 Å². The fourth-order valence-electron chi connectivity index (χ4n) is 2.43. The molecule has 2 aromatic carbocycles. The fourth-order valence-corrected chi connectivity index (χ4v) is 2.43. The molecule has 0 radical (unpaired) electrons. The Bertz CT molecular complexity index is 892. The van der Waals surface area contributed by atoms with E-state index < -0.39 is 24.5 Å². The van der Waals surface area contributed by atoms with Crippen molar-refractivity contribution >= 4 is 23.5 Å². The summed E-state index contributed by atoms with van der Waals surface area (Å²) in [6.45, 7) is 3.22. The van der Waals surface area contributed by atoms with Crippen LogP contribution in [0, 0.1) is 0 Å². The van der Waals surface area contributed by atoms with Crippen molar-refractivity contribution in [3.8, 4) is 11.5 Å². The highest BCUT2D eigenvalue weighted by Crippen LogP contribution is 2.29. The Labute approximate surface area is 168 Å². The van der Waals surface area contributed by atoms with Gasteiger partial charge in [-0.05, 0) is 44.2 Å². The maximum absolute atomic E-state index is 12.3. The SMILES string of the molecule is COC(=O)c1ccccc1NC(=O)COC(=O)c1ccc(OC(C)C)c(OC)c1. The average Bonchev–Trinajstić information content (AvgIpc) is 2.71. The Morgan fingerprint density at radius 1 is 0.966 bits per heavy atom. The van der Waals surface area contributed by atoms with Crippen LogP contribution in [0.1, 0.15) is 34.6 Å². The quantitative estimate of drug-likeness (QED) is 0.679. The van der Waals surface area contributed by atoms with Gasteiger partial charge in [0.05, 0.1) is 37.1 Å². The van der Waals surface area contributed by atoms with Crippen LogP contribution in [0.15, 0.2) is 42.5 Å². The van der Waals surface area contributed by atoms with Crippen LogP contribution in [0.4, 0.5) is 5.69 Å². The summed E-state index contributed by atoms with van der Waals surface area (Å²) in [5.74, 6) is -1.01. The third-order valence-electron chi connectivity index (χ3n) is 3.70. The van der Waals surface area contributed by atoms with Gasteiger partial charge in [0, 0.05) is 0 Å². The van der Waals surface area contributed by atoms with Crippen molar-refractivity contribution < 1.29 is 33.3 Å². The lowest BCUT2D eigenvalue weighted by molar-refractivity contribution is -0.119. The van der Waals surface area contributed by atoms with E-state index in [1.807, 2.05) is 13.8 Å². The lowest BCUT2D eigenvalue weighted by Gasteiger charge is -2.14. The minimum Gasteiger partial charge on any atom is -0.493 e. The highest BCUT2D eigenvalue weighted by molar-refractivity contribution is 6.02. The highest BCUT2D eigenvalue weighted by atomic mass is 16.5. The average molecular weight is 401 g/mol. The molecule has 1 N–H and O–H groups in total. The molecule has 8 heteroatoms. The second kappa shape index (κ2) is 10.1. The normalized spacial score (nSPS) is 10.2. The summed E-state index contributed by atoms with van der Waals surface area (Å²) in [6, 6.07) is 11.0. The highest BCUT2D eigenvalue weighted by Gasteiger charge is 2.17. The monoisotopic (exact) mass is 401 g/mol. The van der Waals surface area contributed by atoms with Crippen molar-refractivity contribution in [1.82, 2.24) is 0 Å². The second-order valence-electron chi connectivity index (χ2n) is 6.19. The number of benzene rings is 2. The van der Waals surface area contributed by atoms with Crippen LogP contribution < -0.4 is 14.8 Å². The molecule has 0 spiro atoms. The van der Waals surface area contributed by atoms with Crippen LogP contribution >= 0.6 is 0 Å². The first-order chi connectivity index (χ1) is 13.8. The second-order valence-corrected chi connectivity index (χ2v) is 6.19. The minimum absolute atomic E-state index is 0.0572. The topological polar surface area (TPSA) is 100 Å². The molecule has 2 rings (SSSR count). The molecular formula is C21H23NO7. The number of carbonyl (C=O) groups excluding carboxylic acids is 3. The minimum atomic E-state index is -0.698. The van der Waals surface area contributed by atoms with Gasteiger partial charge in [0.1, 0.15) is 0 Å². The Morgan fingerprint density at radius 2 is 1.69 bits per heavy atom. The van der Waals surface area contributed by atoms with E-state index >= 15 is 0 Å².